The fourth-order valence-electron chi connectivity index (χ4n) is 0.465. The molecule has 3 N–H and O–H groups in total. The van der Waals surface area contributed by atoms with E-state index in [9.17, 15) is 14.9 Å². The van der Waals surface area contributed by atoms with Gasteiger partial charge in [-0.2, -0.15) is 0 Å². The van der Waals surface area contributed by atoms with Crippen LogP contribution in [0, 0.1) is 10.1 Å². The normalized spacial score (nSPS) is 14.4. The molecule has 1 amide bonds. The van der Waals surface area contributed by atoms with E-state index >= 15 is 0 Å². The number of hydrogen-bond acceptors (Lipinski definition) is 5. The Labute approximate surface area is 73.7 Å². The minimum absolute atomic E-state index is 0.422. The lowest BCUT2D eigenvalue weighted by Crippen LogP contribution is -2.22. The Morgan fingerprint density at radius 3 is 2.62 bits per heavy atom. The van der Waals surface area contributed by atoms with E-state index in [1.165, 1.54) is 6.92 Å². The molecule has 0 saturated carbocycles. The molecule has 13 heavy (non-hydrogen) atoms. The van der Waals surface area contributed by atoms with Crippen molar-refractivity contribution < 1.29 is 14.9 Å². The molecular weight excluding hydrogens is 178 g/mol. The van der Waals surface area contributed by atoms with Gasteiger partial charge >= 0.3 is 0 Å². The molecule has 0 spiro atoms. The van der Waals surface area contributed by atoms with Crippen LogP contribution in [0.4, 0.5) is 0 Å². The lowest BCUT2D eigenvalue weighted by molar-refractivity contribution is -0.504. The quantitative estimate of drug-likeness (QED) is 0.267. The second kappa shape index (κ2) is 4.86. The maximum Gasteiger partial charge on any atom is 0.270 e. The monoisotopic (exact) mass is 187 g/mol. The zero-order valence-electron chi connectivity index (χ0n) is 6.88. The van der Waals surface area contributed by atoms with Crippen LogP contribution in [0.25, 0.3) is 0 Å². The van der Waals surface area contributed by atoms with Crippen LogP contribution in [0.3, 0.4) is 0 Å². The van der Waals surface area contributed by atoms with Gasteiger partial charge in [-0.05, 0) is 12.2 Å². The predicted molar refractivity (Wildman–Crippen MR) is 44.0 cm³/mol. The van der Waals surface area contributed by atoms with Crippen LogP contribution in [-0.4, -0.2) is 27.8 Å². The molecule has 0 aromatic rings. The smallest absolute Gasteiger partial charge is 0.270 e. The lowest BCUT2D eigenvalue weighted by atomic mass is 10.2. The molecule has 72 valence electrons. The predicted octanol–water partition coefficient (Wildman–Crippen LogP) is -0.477. The van der Waals surface area contributed by atoms with Crippen LogP contribution in [0.15, 0.2) is 17.3 Å². The van der Waals surface area contributed by atoms with Gasteiger partial charge in [-0.25, -0.2) is 0 Å². The molecule has 7 heteroatoms. The molecule has 0 heterocycles. The van der Waals surface area contributed by atoms with E-state index in [-0.39, 0.29) is 0 Å². The second-order valence-electron chi connectivity index (χ2n) is 2.23. The average Bonchev–Trinajstić information content (AvgIpc) is 2.04. The third-order valence-corrected chi connectivity index (χ3v) is 1.23. The molecule has 0 aromatic heterocycles. The van der Waals surface area contributed by atoms with E-state index in [1.807, 2.05) is 0 Å². The molecule has 1 unspecified atom stereocenters. The summed E-state index contributed by atoms with van der Waals surface area (Å²) in [5.74, 6) is -0.950. The topological polar surface area (TPSA) is 119 Å². The first-order chi connectivity index (χ1) is 5.99. The number of nitrogens with two attached hydrogens (primary N) is 1. The van der Waals surface area contributed by atoms with E-state index < -0.39 is 22.6 Å². The minimum atomic E-state index is -0.962. The molecule has 0 saturated heterocycles. The first kappa shape index (κ1) is 11.1. The van der Waals surface area contributed by atoms with E-state index in [4.69, 9.17) is 10.9 Å². The van der Waals surface area contributed by atoms with Crippen LogP contribution in [0.2, 0.25) is 0 Å². The number of rotatable bonds is 4. The first-order valence-electron chi connectivity index (χ1n) is 3.32. The Morgan fingerprint density at radius 2 is 2.31 bits per heavy atom. The third kappa shape index (κ3) is 3.85. The molecule has 0 bridgehead atoms. The van der Waals surface area contributed by atoms with Crippen LogP contribution < -0.4 is 5.73 Å². The van der Waals surface area contributed by atoms with Crippen LogP contribution in [0.5, 0.6) is 0 Å². The van der Waals surface area contributed by atoms with E-state index in [0.29, 0.717) is 0 Å². The summed E-state index contributed by atoms with van der Waals surface area (Å²) in [6.07, 6.45) is 2.09. The Morgan fingerprint density at radius 1 is 1.77 bits per heavy atom. The van der Waals surface area contributed by atoms with Gasteiger partial charge in [-0.3, -0.25) is 14.9 Å². The molecule has 1 atom stereocenters. The Balaban J connectivity index is 4.42. The number of amides is 1. The fourth-order valence-corrected chi connectivity index (χ4v) is 0.465. The van der Waals surface area contributed by atoms with Crippen LogP contribution >= 0.6 is 0 Å². The number of primary amides is 1. The molecule has 0 aromatic carbocycles. The van der Waals surface area contributed by atoms with Crippen molar-refractivity contribution >= 4 is 11.6 Å². The minimum Gasteiger partial charge on any atom is -0.410 e. The number of nitro groups is 1. The maximum atomic E-state index is 10.4. The molecule has 0 rings (SSSR count). The SMILES string of the molecule is CC(/C=C/C(=N\O)C(N)=O)[N+](=O)[O-]. The van der Waals surface area contributed by atoms with Crippen molar-refractivity contribution in [3.8, 4) is 0 Å². The van der Waals surface area contributed by atoms with Crippen LogP contribution in [0.1, 0.15) is 6.92 Å². The lowest BCUT2D eigenvalue weighted by Gasteiger charge is -1.95. The largest absolute Gasteiger partial charge is 0.410 e. The molecule has 0 aliphatic carbocycles. The maximum absolute atomic E-state index is 10.4. The van der Waals surface area contributed by atoms with Crippen molar-refractivity contribution in [2.75, 3.05) is 0 Å². The van der Waals surface area contributed by atoms with Gasteiger partial charge in [0.2, 0.25) is 6.04 Å². The molecule has 0 aliphatic rings. The number of nitrogens with zero attached hydrogens (tertiary/aromatic N) is 2. The Bertz CT molecular complexity index is 271. The zero-order valence-corrected chi connectivity index (χ0v) is 6.88. The van der Waals surface area contributed by atoms with Crippen molar-refractivity contribution in [2.24, 2.45) is 10.9 Å². The Kier molecular flexibility index (Phi) is 4.14. The fraction of sp³-hybridized carbons (Fsp3) is 0.333. The summed E-state index contributed by atoms with van der Waals surface area (Å²) >= 11 is 0. The van der Waals surface area contributed by atoms with Crippen molar-refractivity contribution in [1.82, 2.24) is 0 Å². The zero-order chi connectivity index (χ0) is 10.4. The summed E-state index contributed by atoms with van der Waals surface area (Å²) in [6.45, 7) is 1.31. The van der Waals surface area contributed by atoms with Gasteiger partial charge in [0.1, 0.15) is 0 Å². The van der Waals surface area contributed by atoms with Gasteiger partial charge in [0.15, 0.2) is 5.71 Å². The van der Waals surface area contributed by atoms with Gasteiger partial charge in [0.05, 0.1) is 0 Å². The van der Waals surface area contributed by atoms with Gasteiger partial charge in [0, 0.05) is 11.8 Å². The Hall–Kier alpha value is -1.92. The number of hydrogen-bond donors (Lipinski definition) is 2. The summed E-state index contributed by atoms with van der Waals surface area (Å²) in [4.78, 5) is 20.0. The molecule has 7 nitrogen and oxygen atoms in total. The van der Waals surface area contributed by atoms with Crippen molar-refractivity contribution in [3.05, 3.63) is 22.3 Å². The number of carbonyl (C=O) groups is 1. The van der Waals surface area contributed by atoms with Crippen LogP contribution in [-0.2, 0) is 4.79 Å². The summed E-state index contributed by atoms with van der Waals surface area (Å²) in [7, 11) is 0. The standard InChI is InChI=1S/C6H9N3O4/c1-4(9(12)13)2-3-5(8-11)6(7)10/h2-4,11H,1H3,(H2,7,10)/b3-2+,8-5+. The number of oxime groups is 1. The average molecular weight is 187 g/mol. The molecular formula is C6H9N3O4. The highest BCUT2D eigenvalue weighted by Gasteiger charge is 2.09. The van der Waals surface area contributed by atoms with Gasteiger partial charge in [-0.15, -0.1) is 0 Å². The summed E-state index contributed by atoms with van der Waals surface area (Å²) in [6, 6.07) is -0.962. The first-order valence-corrected chi connectivity index (χ1v) is 3.32. The van der Waals surface area contributed by atoms with Crippen molar-refractivity contribution in [1.29, 1.82) is 0 Å². The highest BCUT2D eigenvalue weighted by molar-refractivity contribution is 6.42. The molecule has 0 aliphatic heterocycles. The summed E-state index contributed by atoms with van der Waals surface area (Å²) in [5.41, 5.74) is 4.34. The molecule has 0 fully saturated rings. The summed E-state index contributed by atoms with van der Waals surface area (Å²) in [5, 5.41) is 20.9. The number of carbonyl (C=O) groups excluding carboxylic acids is 1. The van der Waals surface area contributed by atoms with Gasteiger partial charge in [-0.1, -0.05) is 5.16 Å². The van der Waals surface area contributed by atoms with E-state index in [0.717, 1.165) is 12.2 Å². The highest BCUT2D eigenvalue weighted by atomic mass is 16.6. The van der Waals surface area contributed by atoms with Gasteiger partial charge < -0.3 is 10.9 Å². The summed E-state index contributed by atoms with van der Waals surface area (Å²) < 4.78 is 0. The molecule has 0 radical (unpaired) electrons. The highest BCUT2D eigenvalue weighted by Crippen LogP contribution is 1.91. The van der Waals surface area contributed by atoms with Crippen molar-refractivity contribution in [3.63, 3.8) is 0 Å². The second-order valence-corrected chi connectivity index (χ2v) is 2.23. The van der Waals surface area contributed by atoms with Crippen molar-refractivity contribution in [2.45, 2.75) is 13.0 Å². The van der Waals surface area contributed by atoms with E-state index in [2.05, 4.69) is 5.16 Å². The van der Waals surface area contributed by atoms with Gasteiger partial charge in [0.25, 0.3) is 5.91 Å². The van der Waals surface area contributed by atoms with E-state index in [1.54, 1.807) is 0 Å². The third-order valence-electron chi connectivity index (χ3n) is 1.23.